The lowest BCUT2D eigenvalue weighted by atomic mass is 10.0. The Morgan fingerprint density at radius 2 is 2.04 bits per heavy atom. The van der Waals surface area contributed by atoms with Gasteiger partial charge in [-0.3, -0.25) is 0 Å². The van der Waals surface area contributed by atoms with Crippen molar-refractivity contribution in [3.05, 3.63) is 24.0 Å². The molecule has 0 aromatic carbocycles. The van der Waals surface area contributed by atoms with Crippen molar-refractivity contribution in [2.75, 3.05) is 0 Å². The van der Waals surface area contributed by atoms with Crippen LogP contribution in [0.1, 0.15) is 44.1 Å². The molecule has 9 heteroatoms. The zero-order valence-electron chi connectivity index (χ0n) is 12.4. The number of hydrogen-bond donors (Lipinski definition) is 1. The highest BCUT2D eigenvalue weighted by Gasteiger charge is 2.32. The van der Waals surface area contributed by atoms with Crippen molar-refractivity contribution >= 4 is 6.09 Å². The predicted octanol–water partition coefficient (Wildman–Crippen LogP) is 3.32. The van der Waals surface area contributed by atoms with Gasteiger partial charge in [0.1, 0.15) is 6.10 Å². The molecular formula is C14H17F4N3O2. The molecule has 5 nitrogen and oxygen atoms in total. The van der Waals surface area contributed by atoms with Gasteiger partial charge in [0.05, 0.1) is 6.42 Å². The molecule has 0 radical (unpaired) electrons. The van der Waals surface area contributed by atoms with Crippen LogP contribution in [0.15, 0.2) is 12.4 Å². The summed E-state index contributed by atoms with van der Waals surface area (Å²) in [5, 5.41) is 2.17. The van der Waals surface area contributed by atoms with Gasteiger partial charge in [-0.1, -0.05) is 0 Å². The first kappa shape index (κ1) is 17.4. The quantitative estimate of drug-likeness (QED) is 0.677. The van der Waals surface area contributed by atoms with Gasteiger partial charge in [-0.2, -0.15) is 17.6 Å². The van der Waals surface area contributed by atoms with Crippen LogP contribution in [0, 0.1) is 6.08 Å². The Bertz CT molecular complexity index is 536. The molecule has 1 fully saturated rings. The third kappa shape index (κ3) is 5.65. The first-order valence-electron chi connectivity index (χ1n) is 7.24. The maximum atomic E-state index is 12.7. The molecular weight excluding hydrogens is 318 g/mol. The van der Waals surface area contributed by atoms with Crippen LogP contribution in [0.5, 0.6) is 0 Å². The Labute approximate surface area is 130 Å². The van der Waals surface area contributed by atoms with Crippen molar-refractivity contribution in [2.45, 2.75) is 56.8 Å². The lowest BCUT2D eigenvalue weighted by Crippen LogP contribution is -2.37. The summed E-state index contributed by atoms with van der Waals surface area (Å²) in [6.45, 7) is 1.27. The molecule has 1 aromatic rings. The Morgan fingerprint density at radius 3 is 2.65 bits per heavy atom. The van der Waals surface area contributed by atoms with E-state index >= 15 is 0 Å². The highest BCUT2D eigenvalue weighted by Crippen LogP contribution is 2.35. The fourth-order valence-electron chi connectivity index (χ4n) is 2.67. The van der Waals surface area contributed by atoms with E-state index in [4.69, 9.17) is 4.74 Å². The fourth-order valence-corrected chi connectivity index (χ4v) is 2.67. The average Bonchev–Trinajstić information content (AvgIpc) is 2.85. The van der Waals surface area contributed by atoms with Crippen molar-refractivity contribution in [2.24, 2.45) is 0 Å². The summed E-state index contributed by atoms with van der Waals surface area (Å²) in [5.74, 6) is 0.0426. The summed E-state index contributed by atoms with van der Waals surface area (Å²) >= 11 is 0. The van der Waals surface area contributed by atoms with Crippen LogP contribution in [0.25, 0.3) is 0 Å². The van der Waals surface area contributed by atoms with Gasteiger partial charge < -0.3 is 10.1 Å². The number of nitrogens with zero attached hydrogens (tertiary/aromatic N) is 2. The standard InChI is InChI=1S/C14H17F4N3O2/c1-8(5-14(16,17)18)21-13(22)23-11-3-2-9(4-11)10-6-19-12(15)20-7-10/h6-9,11H,2-5H2,1H3,(H,21,22)/t8-,9?,11?/m0/s1. The minimum absolute atomic E-state index is 0.0426. The van der Waals surface area contributed by atoms with Gasteiger partial charge in [0.25, 0.3) is 0 Å². The predicted molar refractivity (Wildman–Crippen MR) is 72.1 cm³/mol. The van der Waals surface area contributed by atoms with E-state index in [-0.39, 0.29) is 12.0 Å². The highest BCUT2D eigenvalue weighted by molar-refractivity contribution is 5.67. The molecule has 1 amide bonds. The van der Waals surface area contributed by atoms with E-state index in [1.165, 1.54) is 19.3 Å². The van der Waals surface area contributed by atoms with Crippen molar-refractivity contribution in [1.29, 1.82) is 0 Å². The molecule has 0 saturated heterocycles. The van der Waals surface area contributed by atoms with Crippen LogP contribution < -0.4 is 5.32 Å². The molecule has 1 saturated carbocycles. The zero-order valence-corrected chi connectivity index (χ0v) is 12.4. The summed E-state index contributed by atoms with van der Waals surface area (Å²) in [6, 6.07) is -1.05. The largest absolute Gasteiger partial charge is 0.446 e. The number of carbonyl (C=O) groups is 1. The molecule has 128 valence electrons. The normalized spacial score (nSPS) is 22.7. The Balaban J connectivity index is 1.78. The van der Waals surface area contributed by atoms with Crippen molar-refractivity contribution < 1.29 is 27.1 Å². The number of nitrogens with one attached hydrogen (secondary N) is 1. The van der Waals surface area contributed by atoms with Gasteiger partial charge in [-0.05, 0) is 37.7 Å². The fraction of sp³-hybridized carbons (Fsp3) is 0.643. The number of rotatable bonds is 4. The van der Waals surface area contributed by atoms with E-state index in [9.17, 15) is 22.4 Å². The van der Waals surface area contributed by atoms with E-state index in [1.54, 1.807) is 0 Å². The van der Waals surface area contributed by atoms with Crippen LogP contribution in [-0.2, 0) is 4.74 Å². The molecule has 23 heavy (non-hydrogen) atoms. The monoisotopic (exact) mass is 335 g/mol. The maximum absolute atomic E-state index is 12.7. The first-order chi connectivity index (χ1) is 10.7. The number of alkyl halides is 3. The lowest BCUT2D eigenvalue weighted by Gasteiger charge is -2.18. The Hall–Kier alpha value is -1.93. The van der Waals surface area contributed by atoms with Crippen LogP contribution in [-0.4, -0.2) is 34.4 Å². The molecule has 3 atom stereocenters. The van der Waals surface area contributed by atoms with E-state index < -0.39 is 30.8 Å². The molecule has 1 aliphatic rings. The molecule has 1 aliphatic carbocycles. The van der Waals surface area contributed by atoms with Crippen LogP contribution in [0.2, 0.25) is 0 Å². The molecule has 1 aromatic heterocycles. The van der Waals surface area contributed by atoms with Gasteiger partial charge in [-0.25, -0.2) is 14.8 Å². The van der Waals surface area contributed by atoms with Gasteiger partial charge in [-0.15, -0.1) is 0 Å². The van der Waals surface area contributed by atoms with Gasteiger partial charge in [0, 0.05) is 18.4 Å². The summed E-state index contributed by atoms with van der Waals surface area (Å²) in [6.07, 6.45) is -2.91. The van der Waals surface area contributed by atoms with E-state index in [0.717, 1.165) is 5.56 Å². The number of ether oxygens (including phenoxy) is 1. The average molecular weight is 335 g/mol. The second kappa shape index (κ2) is 7.10. The van der Waals surface area contributed by atoms with Crippen molar-refractivity contribution in [3.63, 3.8) is 0 Å². The first-order valence-corrected chi connectivity index (χ1v) is 7.24. The molecule has 0 bridgehead atoms. The second-order valence-corrected chi connectivity index (χ2v) is 5.69. The Kier molecular flexibility index (Phi) is 5.38. The SMILES string of the molecule is C[C@@H](CC(F)(F)F)NC(=O)OC1CCC(c2cnc(F)nc2)C1. The van der Waals surface area contributed by atoms with Crippen molar-refractivity contribution in [3.8, 4) is 0 Å². The number of halogens is 4. The minimum Gasteiger partial charge on any atom is -0.446 e. The number of alkyl carbamates (subject to hydrolysis) is 1. The summed E-state index contributed by atoms with van der Waals surface area (Å²) in [4.78, 5) is 18.6. The molecule has 2 unspecified atom stereocenters. The zero-order chi connectivity index (χ0) is 17.0. The van der Waals surface area contributed by atoms with Crippen LogP contribution in [0.3, 0.4) is 0 Å². The van der Waals surface area contributed by atoms with Gasteiger partial charge in [0.2, 0.25) is 0 Å². The molecule has 0 aliphatic heterocycles. The summed E-state index contributed by atoms with van der Waals surface area (Å²) in [7, 11) is 0. The molecule has 0 spiro atoms. The highest BCUT2D eigenvalue weighted by atomic mass is 19.4. The van der Waals surface area contributed by atoms with Crippen LogP contribution >= 0.6 is 0 Å². The molecule has 1 heterocycles. The maximum Gasteiger partial charge on any atom is 0.407 e. The van der Waals surface area contributed by atoms with E-state index in [1.807, 2.05) is 0 Å². The molecule has 2 rings (SSSR count). The second-order valence-electron chi connectivity index (χ2n) is 5.69. The van der Waals surface area contributed by atoms with Crippen LogP contribution in [0.4, 0.5) is 22.4 Å². The lowest BCUT2D eigenvalue weighted by molar-refractivity contribution is -0.138. The number of aromatic nitrogens is 2. The van der Waals surface area contributed by atoms with Gasteiger partial charge >= 0.3 is 18.3 Å². The van der Waals surface area contributed by atoms with E-state index in [2.05, 4.69) is 15.3 Å². The third-order valence-electron chi connectivity index (χ3n) is 3.67. The van der Waals surface area contributed by atoms with E-state index in [0.29, 0.717) is 19.3 Å². The molecule has 1 N–H and O–H groups in total. The summed E-state index contributed by atoms with van der Waals surface area (Å²) < 4.78 is 54.4. The number of hydrogen-bond acceptors (Lipinski definition) is 4. The minimum atomic E-state index is -4.34. The van der Waals surface area contributed by atoms with Crippen molar-refractivity contribution in [1.82, 2.24) is 15.3 Å². The number of amides is 1. The smallest absolute Gasteiger partial charge is 0.407 e. The Morgan fingerprint density at radius 1 is 1.39 bits per heavy atom. The number of carbonyl (C=O) groups excluding carboxylic acids is 1. The topological polar surface area (TPSA) is 64.1 Å². The third-order valence-corrected chi connectivity index (χ3v) is 3.67. The van der Waals surface area contributed by atoms with Gasteiger partial charge in [0.15, 0.2) is 0 Å². The summed E-state index contributed by atoms with van der Waals surface area (Å²) in [5.41, 5.74) is 0.753.